The Morgan fingerprint density at radius 1 is 1.23 bits per heavy atom. The first-order valence-electron chi connectivity index (χ1n) is 9.36. The number of rotatable bonds is 8. The van der Waals surface area contributed by atoms with Gasteiger partial charge in [0.1, 0.15) is 0 Å². The molecule has 0 amide bonds. The lowest BCUT2D eigenvalue weighted by molar-refractivity contribution is -0.204. The Labute approximate surface area is 167 Å². The summed E-state index contributed by atoms with van der Waals surface area (Å²) in [6.07, 6.45) is 3.50. The van der Waals surface area contributed by atoms with Crippen molar-refractivity contribution < 1.29 is 18.6 Å². The van der Waals surface area contributed by atoms with Gasteiger partial charge in [0.05, 0.1) is 25.4 Å². The van der Waals surface area contributed by atoms with E-state index >= 15 is 0 Å². The van der Waals surface area contributed by atoms with Crippen molar-refractivity contribution in [3.63, 3.8) is 0 Å². The molecule has 148 valence electrons. The molecule has 0 aromatic heterocycles. The lowest BCUT2D eigenvalue weighted by Gasteiger charge is -2.33. The zero-order valence-corrected chi connectivity index (χ0v) is 19.5. The monoisotopic (exact) mass is 444 g/mol. The maximum atomic E-state index is 6.41. The summed E-state index contributed by atoms with van der Waals surface area (Å²) in [7, 11) is 0.141. The fourth-order valence-electron chi connectivity index (χ4n) is 2.90. The summed E-state index contributed by atoms with van der Waals surface area (Å²) >= 11 is 3.60. The third-order valence-electron chi connectivity index (χ3n) is 4.57. The smallest absolute Gasteiger partial charge is 0.183 e. The molecule has 26 heavy (non-hydrogen) atoms. The molecule has 0 radical (unpaired) electrons. The highest BCUT2D eigenvalue weighted by molar-refractivity contribution is 9.10. The quantitative estimate of drug-likeness (QED) is 0.374. The second-order valence-corrected chi connectivity index (χ2v) is 13.8. The van der Waals surface area contributed by atoms with Crippen molar-refractivity contribution in [1.29, 1.82) is 0 Å². The van der Waals surface area contributed by atoms with Gasteiger partial charge in [0, 0.05) is 11.6 Å². The summed E-state index contributed by atoms with van der Waals surface area (Å²) in [5.41, 5.74) is 2.35. The minimum Gasteiger partial charge on any atom is -0.415 e. The first-order valence-corrected chi connectivity index (χ1v) is 13.6. The van der Waals surface area contributed by atoms with E-state index < -0.39 is 14.1 Å². The van der Waals surface area contributed by atoms with Gasteiger partial charge in [-0.05, 0) is 76.0 Å². The van der Waals surface area contributed by atoms with Gasteiger partial charge in [-0.2, -0.15) is 0 Å². The number of ether oxygens (including phenoxy) is 3. The van der Waals surface area contributed by atoms with Gasteiger partial charge in [-0.1, -0.05) is 22.0 Å². The first-order chi connectivity index (χ1) is 12.1. The third kappa shape index (κ3) is 7.06. The topological polar surface area (TPSA) is 36.9 Å². The Kier molecular flexibility index (Phi) is 7.89. The molecular weight excluding hydrogens is 412 g/mol. The predicted octanol–water partition coefficient (Wildman–Crippen LogP) is 5.81. The lowest BCUT2D eigenvalue weighted by atomic mass is 9.95. The van der Waals surface area contributed by atoms with Gasteiger partial charge in [-0.3, -0.25) is 0 Å². The fourth-order valence-corrected chi connectivity index (χ4v) is 3.97. The van der Waals surface area contributed by atoms with E-state index in [1.165, 1.54) is 5.56 Å². The number of methoxy groups -OCH3 is 1. The molecule has 1 aromatic carbocycles. The van der Waals surface area contributed by atoms with Crippen LogP contribution in [0.4, 0.5) is 0 Å². The molecule has 4 nitrogen and oxygen atoms in total. The fraction of sp³-hybridized carbons (Fsp3) is 0.700. The van der Waals surface area contributed by atoms with Crippen LogP contribution in [-0.2, 0) is 25.2 Å². The summed E-state index contributed by atoms with van der Waals surface area (Å²) < 4.78 is 24.9. The molecule has 0 bridgehead atoms. The molecule has 0 spiro atoms. The summed E-state index contributed by atoms with van der Waals surface area (Å²) in [6.45, 7) is 11.7. The Hall–Kier alpha value is -0.243. The number of halogens is 1. The molecule has 0 saturated carbocycles. The minimum absolute atomic E-state index is 0.0840. The van der Waals surface area contributed by atoms with E-state index in [-0.39, 0.29) is 12.2 Å². The SMILES string of the molecule is COC(C)(C)OCc1ccc(Br)cc1C1CCCC(CO[Si](C)(C)C)O1. The molecule has 0 N–H and O–H groups in total. The third-order valence-corrected chi connectivity index (χ3v) is 6.10. The van der Waals surface area contributed by atoms with E-state index in [0.29, 0.717) is 13.2 Å². The van der Waals surface area contributed by atoms with E-state index in [1.807, 2.05) is 13.8 Å². The molecular formula is C20H33BrO4Si. The van der Waals surface area contributed by atoms with E-state index in [9.17, 15) is 0 Å². The van der Waals surface area contributed by atoms with Gasteiger partial charge in [0.15, 0.2) is 14.1 Å². The van der Waals surface area contributed by atoms with Crippen molar-refractivity contribution in [2.75, 3.05) is 13.7 Å². The van der Waals surface area contributed by atoms with Crippen molar-refractivity contribution in [2.45, 2.75) is 77.4 Å². The Bertz CT molecular complexity index is 586. The molecule has 0 aliphatic carbocycles. The second-order valence-electron chi connectivity index (χ2n) is 8.34. The molecule has 2 rings (SSSR count). The average molecular weight is 445 g/mol. The summed E-state index contributed by atoms with van der Waals surface area (Å²) in [5.74, 6) is -0.606. The van der Waals surface area contributed by atoms with Crippen LogP contribution in [0.15, 0.2) is 22.7 Å². The molecule has 1 heterocycles. The van der Waals surface area contributed by atoms with Gasteiger partial charge in [0.2, 0.25) is 0 Å². The van der Waals surface area contributed by atoms with Crippen LogP contribution >= 0.6 is 15.9 Å². The second kappa shape index (κ2) is 9.30. The molecule has 1 aromatic rings. The number of hydrogen-bond acceptors (Lipinski definition) is 4. The van der Waals surface area contributed by atoms with E-state index in [4.69, 9.17) is 18.6 Å². The molecule has 1 fully saturated rings. The maximum absolute atomic E-state index is 6.41. The van der Waals surface area contributed by atoms with Crippen molar-refractivity contribution in [2.24, 2.45) is 0 Å². The first kappa shape index (κ1) is 22.1. The highest BCUT2D eigenvalue weighted by Crippen LogP contribution is 2.35. The highest BCUT2D eigenvalue weighted by atomic mass is 79.9. The molecule has 2 unspecified atom stereocenters. The van der Waals surface area contributed by atoms with E-state index in [2.05, 4.69) is 53.8 Å². The Morgan fingerprint density at radius 2 is 1.96 bits per heavy atom. The Morgan fingerprint density at radius 3 is 2.62 bits per heavy atom. The highest BCUT2D eigenvalue weighted by Gasteiger charge is 2.28. The van der Waals surface area contributed by atoms with Gasteiger partial charge >= 0.3 is 0 Å². The zero-order valence-electron chi connectivity index (χ0n) is 16.9. The van der Waals surface area contributed by atoms with Gasteiger partial charge in [-0.15, -0.1) is 0 Å². The van der Waals surface area contributed by atoms with Crippen LogP contribution in [0.3, 0.4) is 0 Å². The van der Waals surface area contributed by atoms with Crippen LogP contribution in [0.25, 0.3) is 0 Å². The van der Waals surface area contributed by atoms with E-state index in [0.717, 1.165) is 29.3 Å². The van der Waals surface area contributed by atoms with Crippen LogP contribution in [0.2, 0.25) is 19.6 Å². The van der Waals surface area contributed by atoms with Crippen molar-refractivity contribution in [1.82, 2.24) is 0 Å². The molecule has 1 aliphatic heterocycles. The standard InChI is InChI=1S/C20H33BrO4Si/c1-20(2,22-3)23-13-15-10-11-16(21)12-18(15)19-9-7-8-17(25-19)14-24-26(4,5)6/h10-12,17,19H,7-9,13-14H2,1-6H3. The van der Waals surface area contributed by atoms with Gasteiger partial charge in [0.25, 0.3) is 0 Å². The summed E-state index contributed by atoms with van der Waals surface area (Å²) in [5, 5.41) is 0. The lowest BCUT2D eigenvalue weighted by Crippen LogP contribution is -2.34. The van der Waals surface area contributed by atoms with Crippen molar-refractivity contribution in [3.05, 3.63) is 33.8 Å². The minimum atomic E-state index is -1.52. The van der Waals surface area contributed by atoms with Crippen LogP contribution in [0.5, 0.6) is 0 Å². The molecule has 1 saturated heterocycles. The average Bonchev–Trinajstić information content (AvgIpc) is 2.58. The van der Waals surface area contributed by atoms with Crippen LogP contribution < -0.4 is 0 Å². The molecule has 1 aliphatic rings. The van der Waals surface area contributed by atoms with Gasteiger partial charge < -0.3 is 18.6 Å². The Balaban J connectivity index is 2.09. The molecule has 6 heteroatoms. The number of hydrogen-bond donors (Lipinski definition) is 0. The van der Waals surface area contributed by atoms with Crippen LogP contribution in [0, 0.1) is 0 Å². The van der Waals surface area contributed by atoms with Crippen LogP contribution in [0.1, 0.15) is 50.3 Å². The normalized spacial score (nSPS) is 21.8. The van der Waals surface area contributed by atoms with Crippen molar-refractivity contribution >= 4 is 24.2 Å². The van der Waals surface area contributed by atoms with Crippen molar-refractivity contribution in [3.8, 4) is 0 Å². The van der Waals surface area contributed by atoms with Gasteiger partial charge in [-0.25, -0.2) is 0 Å². The maximum Gasteiger partial charge on any atom is 0.183 e. The summed E-state index contributed by atoms with van der Waals surface area (Å²) in [6, 6.07) is 6.32. The molecule has 2 atom stereocenters. The largest absolute Gasteiger partial charge is 0.415 e. The van der Waals surface area contributed by atoms with Crippen LogP contribution in [-0.4, -0.2) is 33.9 Å². The predicted molar refractivity (Wildman–Crippen MR) is 111 cm³/mol. The van der Waals surface area contributed by atoms with E-state index in [1.54, 1.807) is 7.11 Å². The number of benzene rings is 1. The summed E-state index contributed by atoms with van der Waals surface area (Å²) in [4.78, 5) is 0. The zero-order chi connectivity index (χ0) is 19.4.